The van der Waals surface area contributed by atoms with Crippen LogP contribution in [0.4, 0.5) is 4.39 Å². The number of benzene rings is 2. The summed E-state index contributed by atoms with van der Waals surface area (Å²) in [7, 11) is 2.95. The topological polar surface area (TPSA) is 38.7 Å². The molecule has 0 radical (unpaired) electrons. The van der Waals surface area contributed by atoms with Crippen LogP contribution < -0.4 is 9.47 Å². The molecule has 0 spiro atoms. The highest BCUT2D eigenvalue weighted by Gasteiger charge is 2.23. The van der Waals surface area contributed by atoms with Crippen LogP contribution in [0.3, 0.4) is 0 Å². The molecule has 0 fully saturated rings. The second kappa shape index (κ2) is 6.45. The quantitative estimate of drug-likeness (QED) is 0.901. The molecule has 0 heterocycles. The van der Waals surface area contributed by atoms with Gasteiger partial charge in [0.25, 0.3) is 0 Å². The minimum atomic E-state index is -1.19. The van der Waals surface area contributed by atoms with Gasteiger partial charge < -0.3 is 14.6 Å². The number of aryl methyl sites for hydroxylation is 1. The van der Waals surface area contributed by atoms with Gasteiger partial charge in [-0.25, -0.2) is 4.39 Å². The van der Waals surface area contributed by atoms with Crippen molar-refractivity contribution in [3.8, 4) is 11.5 Å². The molecule has 2 aromatic carbocycles. The first-order valence-corrected chi connectivity index (χ1v) is 7.13. The third kappa shape index (κ3) is 3.04. The van der Waals surface area contributed by atoms with Gasteiger partial charge in [-0.3, -0.25) is 0 Å². The van der Waals surface area contributed by atoms with E-state index in [9.17, 15) is 9.50 Å². The second-order valence-electron chi connectivity index (χ2n) is 4.60. The molecule has 1 atom stereocenters. The smallest absolute Gasteiger partial charge is 0.133 e. The lowest BCUT2D eigenvalue weighted by atomic mass is 9.98. The van der Waals surface area contributed by atoms with Crippen molar-refractivity contribution in [3.05, 3.63) is 57.3 Å². The molecule has 0 saturated heterocycles. The molecule has 2 rings (SSSR count). The number of aliphatic hydroxyl groups is 1. The lowest BCUT2D eigenvalue weighted by molar-refractivity contribution is 0.204. The lowest BCUT2D eigenvalue weighted by Gasteiger charge is -2.19. The number of ether oxygens (including phenoxy) is 2. The minimum Gasteiger partial charge on any atom is -0.496 e. The normalized spacial score (nSPS) is 12.1. The molecule has 3 nitrogen and oxygen atoms in total. The number of rotatable bonds is 4. The zero-order valence-electron chi connectivity index (χ0n) is 12.0. The SMILES string of the molecule is COc1cc(C)c(Br)cc1C(O)c1c(F)cccc1OC. The standard InChI is InChI=1S/C16H16BrFO3/c1-9-7-14(21-3)10(8-11(9)17)16(19)15-12(18)5-4-6-13(15)20-2/h4-8,16,19H,1-3H3. The molecule has 0 bridgehead atoms. The highest BCUT2D eigenvalue weighted by molar-refractivity contribution is 9.10. The third-order valence-corrected chi connectivity index (χ3v) is 4.17. The maximum atomic E-state index is 14.1. The van der Waals surface area contributed by atoms with Crippen LogP contribution in [0.1, 0.15) is 22.8 Å². The van der Waals surface area contributed by atoms with E-state index >= 15 is 0 Å². The Labute approximate surface area is 131 Å². The maximum Gasteiger partial charge on any atom is 0.133 e. The van der Waals surface area contributed by atoms with Gasteiger partial charge in [0.2, 0.25) is 0 Å². The Kier molecular flexibility index (Phi) is 4.85. The molecule has 0 aliphatic carbocycles. The molecule has 1 N–H and O–H groups in total. The van der Waals surface area contributed by atoms with Crippen LogP contribution in [-0.2, 0) is 0 Å². The first-order valence-electron chi connectivity index (χ1n) is 6.34. The summed E-state index contributed by atoms with van der Waals surface area (Å²) in [4.78, 5) is 0. The highest BCUT2D eigenvalue weighted by atomic mass is 79.9. The largest absolute Gasteiger partial charge is 0.496 e. The Morgan fingerprint density at radius 3 is 2.43 bits per heavy atom. The lowest BCUT2D eigenvalue weighted by Crippen LogP contribution is -2.07. The van der Waals surface area contributed by atoms with E-state index in [2.05, 4.69) is 15.9 Å². The minimum absolute atomic E-state index is 0.0917. The van der Waals surface area contributed by atoms with Crippen LogP contribution in [0.2, 0.25) is 0 Å². The molecule has 5 heteroatoms. The maximum absolute atomic E-state index is 14.1. The van der Waals surface area contributed by atoms with Crippen LogP contribution in [0.25, 0.3) is 0 Å². The number of halogens is 2. The summed E-state index contributed by atoms with van der Waals surface area (Å²) >= 11 is 3.41. The first kappa shape index (κ1) is 15.8. The Hall–Kier alpha value is -1.59. The van der Waals surface area contributed by atoms with E-state index in [0.29, 0.717) is 17.1 Å². The number of methoxy groups -OCH3 is 2. The fraction of sp³-hybridized carbons (Fsp3) is 0.250. The highest BCUT2D eigenvalue weighted by Crippen LogP contribution is 2.38. The molecular formula is C16H16BrFO3. The number of hydrogen-bond donors (Lipinski definition) is 1. The van der Waals surface area contributed by atoms with E-state index in [-0.39, 0.29) is 5.56 Å². The van der Waals surface area contributed by atoms with Crippen LogP contribution in [0.5, 0.6) is 11.5 Å². The zero-order valence-corrected chi connectivity index (χ0v) is 13.6. The molecule has 0 saturated carbocycles. The summed E-state index contributed by atoms with van der Waals surface area (Å²) in [5, 5.41) is 10.6. The van der Waals surface area contributed by atoms with Gasteiger partial charge in [-0.05, 0) is 36.8 Å². The number of hydrogen-bond acceptors (Lipinski definition) is 3. The van der Waals surface area contributed by atoms with E-state index in [1.54, 1.807) is 18.2 Å². The summed E-state index contributed by atoms with van der Waals surface area (Å²) in [6.45, 7) is 1.91. The van der Waals surface area contributed by atoms with Gasteiger partial charge in [-0.2, -0.15) is 0 Å². The first-order chi connectivity index (χ1) is 9.99. The zero-order chi connectivity index (χ0) is 15.6. The molecular weight excluding hydrogens is 339 g/mol. The van der Waals surface area contributed by atoms with E-state index in [1.807, 2.05) is 6.92 Å². The summed E-state index contributed by atoms with van der Waals surface area (Å²) < 4.78 is 25.3. The average molecular weight is 355 g/mol. The van der Waals surface area contributed by atoms with Gasteiger partial charge in [0.1, 0.15) is 23.4 Å². The number of aliphatic hydroxyl groups excluding tert-OH is 1. The second-order valence-corrected chi connectivity index (χ2v) is 5.46. The van der Waals surface area contributed by atoms with E-state index in [0.717, 1.165) is 10.0 Å². The van der Waals surface area contributed by atoms with Gasteiger partial charge in [0, 0.05) is 10.0 Å². The Bertz CT molecular complexity index is 658. The molecule has 0 amide bonds. The summed E-state index contributed by atoms with van der Waals surface area (Å²) in [6.07, 6.45) is -1.19. The predicted molar refractivity (Wildman–Crippen MR) is 82.4 cm³/mol. The van der Waals surface area contributed by atoms with Crippen LogP contribution in [-0.4, -0.2) is 19.3 Å². The summed E-state index contributed by atoms with van der Waals surface area (Å²) in [5.41, 5.74) is 1.52. The van der Waals surface area contributed by atoms with Gasteiger partial charge in [-0.15, -0.1) is 0 Å². The van der Waals surface area contributed by atoms with Gasteiger partial charge in [-0.1, -0.05) is 22.0 Å². The van der Waals surface area contributed by atoms with Crippen molar-refractivity contribution in [2.75, 3.05) is 14.2 Å². The molecule has 1 unspecified atom stereocenters. The van der Waals surface area contributed by atoms with Crippen molar-refractivity contribution in [1.29, 1.82) is 0 Å². The fourth-order valence-corrected chi connectivity index (χ4v) is 2.54. The van der Waals surface area contributed by atoms with Crippen LogP contribution in [0, 0.1) is 12.7 Å². The average Bonchev–Trinajstić information content (AvgIpc) is 2.48. The van der Waals surface area contributed by atoms with E-state index in [4.69, 9.17) is 9.47 Å². The van der Waals surface area contributed by atoms with Crippen molar-refractivity contribution in [1.82, 2.24) is 0 Å². The molecule has 0 aliphatic rings. The van der Waals surface area contributed by atoms with Crippen LogP contribution >= 0.6 is 15.9 Å². The van der Waals surface area contributed by atoms with Crippen molar-refractivity contribution < 1.29 is 19.0 Å². The molecule has 112 valence electrons. The van der Waals surface area contributed by atoms with Crippen LogP contribution in [0.15, 0.2) is 34.8 Å². The predicted octanol–water partition coefficient (Wildman–Crippen LogP) is 4.00. The Morgan fingerprint density at radius 1 is 1.14 bits per heavy atom. The monoisotopic (exact) mass is 354 g/mol. The third-order valence-electron chi connectivity index (χ3n) is 3.31. The van der Waals surface area contributed by atoms with E-state index < -0.39 is 11.9 Å². The van der Waals surface area contributed by atoms with Gasteiger partial charge in [0.15, 0.2) is 0 Å². The molecule has 2 aromatic rings. The summed E-state index contributed by atoms with van der Waals surface area (Å²) in [5.74, 6) is 0.260. The van der Waals surface area contributed by atoms with Crippen molar-refractivity contribution in [2.24, 2.45) is 0 Å². The molecule has 0 aliphatic heterocycles. The molecule has 21 heavy (non-hydrogen) atoms. The van der Waals surface area contributed by atoms with Crippen molar-refractivity contribution >= 4 is 15.9 Å². The van der Waals surface area contributed by atoms with Crippen molar-refractivity contribution in [2.45, 2.75) is 13.0 Å². The fourth-order valence-electron chi connectivity index (χ4n) is 2.18. The van der Waals surface area contributed by atoms with Crippen molar-refractivity contribution in [3.63, 3.8) is 0 Å². The van der Waals surface area contributed by atoms with Gasteiger partial charge >= 0.3 is 0 Å². The Morgan fingerprint density at radius 2 is 1.81 bits per heavy atom. The molecule has 0 aromatic heterocycles. The van der Waals surface area contributed by atoms with Gasteiger partial charge in [0.05, 0.1) is 19.8 Å². The summed E-state index contributed by atoms with van der Waals surface area (Å²) in [6, 6.07) is 7.95. The van der Waals surface area contributed by atoms with E-state index in [1.165, 1.54) is 26.4 Å². The Balaban J connectivity index is 2.60.